The van der Waals surface area contributed by atoms with Gasteiger partial charge < -0.3 is 31.1 Å². The summed E-state index contributed by atoms with van der Waals surface area (Å²) in [4.78, 5) is 21.6. The summed E-state index contributed by atoms with van der Waals surface area (Å²) in [6, 6.07) is 0. The second-order valence-corrected chi connectivity index (χ2v) is 1.54. The second kappa shape index (κ2) is 22.4. The zero-order chi connectivity index (χ0) is 4.50. The van der Waals surface area contributed by atoms with Crippen molar-refractivity contribution in [2.45, 2.75) is 0 Å². The average molecular weight is 185 g/mol. The molecule has 68 valence electrons. The molecule has 0 aliphatic heterocycles. The number of hydrogen-bond acceptors (Lipinski definition) is 1. The molecule has 0 heterocycles. The summed E-state index contributed by atoms with van der Waals surface area (Å²) in [6.45, 7) is 0. The maximum absolute atomic E-state index is 8.88. The molecule has 7 nitrogen and oxygen atoms in total. The molecule has 9 N–H and O–H groups in total. The molecule has 11 heavy (non-hydrogen) atoms. The minimum atomic E-state index is -4.64. The van der Waals surface area contributed by atoms with Crippen LogP contribution >= 0.6 is 7.82 Å². The Labute approximate surface area is 74.6 Å². The Morgan fingerprint density at radius 3 is 0.727 bits per heavy atom. The van der Waals surface area contributed by atoms with E-state index in [9.17, 15) is 0 Å². The summed E-state index contributed by atoms with van der Waals surface area (Å²) in [7, 11) is -4.64. The van der Waals surface area contributed by atoms with Gasteiger partial charge in [0.15, 0.2) is 0 Å². The first-order valence-electron chi connectivity index (χ1n) is 0.783. The van der Waals surface area contributed by atoms with Crippen LogP contribution in [0.2, 0.25) is 0 Å². The predicted octanol–water partition coefficient (Wildman–Crippen LogP) is -6.15. The first kappa shape index (κ1) is 62.6. The minimum absolute atomic E-state index is 0. The number of phosphoric acid groups is 1. The molecule has 0 aromatic heterocycles. The van der Waals surface area contributed by atoms with Crippen molar-refractivity contribution in [3.05, 3.63) is 0 Å². The third-order valence-electron chi connectivity index (χ3n) is 0. The predicted molar refractivity (Wildman–Crippen MR) is 50.7 cm³/mol. The van der Waals surface area contributed by atoms with Gasteiger partial charge in [-0.25, -0.2) is 4.57 Å². The van der Waals surface area contributed by atoms with E-state index in [1.165, 1.54) is 0 Å². The van der Waals surface area contributed by atoms with Gasteiger partial charge in [0.25, 0.3) is 0 Å². The summed E-state index contributed by atoms with van der Waals surface area (Å²) in [5.41, 5.74) is 0. The first-order chi connectivity index (χ1) is 2.00. The Bertz CT molecular complexity index is 59.8. The van der Waals surface area contributed by atoms with Gasteiger partial charge in [0.2, 0.25) is 0 Å². The van der Waals surface area contributed by atoms with Crippen LogP contribution in [-0.2, 0) is 4.57 Å². The number of hydrogen-bond donors (Lipinski definition) is 3. The fourth-order valence-electron chi connectivity index (χ4n) is 0. The van der Waals surface area contributed by atoms with Crippen LogP contribution in [0.5, 0.6) is 0 Å². The molecule has 0 atom stereocenters. The van der Waals surface area contributed by atoms with Gasteiger partial charge in [-0.05, 0) is 0 Å². The van der Waals surface area contributed by atoms with Crippen molar-refractivity contribution in [3.8, 4) is 0 Å². The van der Waals surface area contributed by atoms with E-state index in [4.69, 9.17) is 19.2 Å². The van der Waals surface area contributed by atoms with Crippen molar-refractivity contribution in [3.63, 3.8) is 0 Å². The molecule has 0 aliphatic rings. The van der Waals surface area contributed by atoms with Crippen LogP contribution in [0.15, 0.2) is 0 Å². The molecule has 0 amide bonds. The van der Waals surface area contributed by atoms with Crippen molar-refractivity contribution < 1.29 is 35.7 Å². The van der Waals surface area contributed by atoms with E-state index < -0.39 is 7.82 Å². The van der Waals surface area contributed by atoms with Crippen LogP contribution in [0.4, 0.5) is 0 Å². The Hall–Kier alpha value is 0.496. The third-order valence-corrected chi connectivity index (χ3v) is 0. The van der Waals surface area contributed by atoms with Gasteiger partial charge in [0, 0.05) is 0 Å². The van der Waals surface area contributed by atoms with Gasteiger partial charge >= 0.3 is 38.2 Å². The van der Waals surface area contributed by atoms with Crippen LogP contribution in [0.3, 0.4) is 0 Å². The molecule has 0 bridgehead atoms. The Morgan fingerprint density at radius 2 is 0.727 bits per heavy atom. The van der Waals surface area contributed by atoms with Gasteiger partial charge in [-0.2, -0.15) is 0 Å². The molecule has 0 saturated heterocycles. The first-order valence-corrected chi connectivity index (χ1v) is 2.35. The van der Waals surface area contributed by atoms with Crippen molar-refractivity contribution >= 4 is 38.2 Å². The van der Waals surface area contributed by atoms with E-state index in [2.05, 4.69) is 0 Å². The van der Waals surface area contributed by atoms with Gasteiger partial charge in [0.1, 0.15) is 0 Å². The molecule has 11 heteroatoms. The van der Waals surface area contributed by atoms with Gasteiger partial charge in [0.05, 0.1) is 0 Å². The van der Waals surface area contributed by atoms with E-state index >= 15 is 0 Å². The van der Waals surface area contributed by atoms with Crippen LogP contribution < -0.4 is 0 Å². The summed E-state index contributed by atoms with van der Waals surface area (Å²) >= 11 is 0. The molecular weight excluding hydrogens is 170 g/mol. The Morgan fingerprint density at radius 1 is 0.727 bits per heavy atom. The van der Waals surface area contributed by atoms with Crippen LogP contribution in [0.25, 0.3) is 0 Å². The van der Waals surface area contributed by atoms with Gasteiger partial charge in [-0.3, -0.25) is 0 Å². The van der Waals surface area contributed by atoms with E-state index in [0.29, 0.717) is 0 Å². The van der Waals surface area contributed by atoms with E-state index in [1.54, 1.807) is 0 Å². The summed E-state index contributed by atoms with van der Waals surface area (Å²) in [5, 5.41) is 0. The SMILES string of the molecule is O.O.O.O=P(O)(O)O.[BeH2].[BeH2].[BeH2]. The molecule has 0 fully saturated rings. The standard InChI is InChI=1S/3Be.H3O4P.3H2O.6H/c;;;1-5(2,3)4;;;;;;;;;/h;;;(H3,1,2,3,4);3*1H2;;;;;;. The molecule has 0 aromatic rings. The summed E-state index contributed by atoms with van der Waals surface area (Å²) < 4.78 is 8.88. The average Bonchev–Trinajstić information content (AvgIpc) is 0.722. The zero-order valence-corrected chi connectivity index (χ0v) is 4.59. The summed E-state index contributed by atoms with van der Waals surface area (Å²) in [5.74, 6) is 0. The molecule has 0 radical (unpaired) electrons. The molecule has 0 aromatic carbocycles. The molecule has 0 unspecified atom stereocenters. The summed E-state index contributed by atoms with van der Waals surface area (Å²) in [6.07, 6.45) is 0. The fourth-order valence-corrected chi connectivity index (χ4v) is 0. The Kier molecular flexibility index (Phi) is 128. The van der Waals surface area contributed by atoms with E-state index in [-0.39, 0.29) is 46.8 Å². The third kappa shape index (κ3) is 3070. The second-order valence-electron chi connectivity index (χ2n) is 0.513. The molecule has 0 saturated carbocycles. The number of rotatable bonds is 0. The maximum atomic E-state index is 8.88. The van der Waals surface area contributed by atoms with Crippen LogP contribution in [0.1, 0.15) is 0 Å². The van der Waals surface area contributed by atoms with Gasteiger partial charge in [-0.1, -0.05) is 0 Å². The normalized spacial score (nSPS) is 5.36. The molecule has 0 aliphatic carbocycles. The van der Waals surface area contributed by atoms with E-state index in [0.717, 1.165) is 0 Å². The van der Waals surface area contributed by atoms with E-state index in [1.807, 2.05) is 0 Å². The van der Waals surface area contributed by atoms with Crippen molar-refractivity contribution in [2.24, 2.45) is 0 Å². The van der Waals surface area contributed by atoms with Crippen molar-refractivity contribution in [1.82, 2.24) is 0 Å². The quantitative estimate of drug-likeness (QED) is 0.251. The van der Waals surface area contributed by atoms with Gasteiger partial charge in [-0.15, -0.1) is 0 Å². The Balaban J connectivity index is -0.00000000533. The topological polar surface area (TPSA) is 172 Å². The molecular formula is H15Be3O7P. The fraction of sp³-hybridized carbons (Fsp3) is 0. The zero-order valence-electron chi connectivity index (χ0n) is 3.70. The molecule has 0 spiro atoms. The van der Waals surface area contributed by atoms with Crippen LogP contribution in [-0.4, -0.2) is 61.5 Å². The van der Waals surface area contributed by atoms with Crippen molar-refractivity contribution in [1.29, 1.82) is 0 Å². The van der Waals surface area contributed by atoms with Crippen LogP contribution in [0, 0.1) is 0 Å². The molecule has 0 rings (SSSR count). The monoisotopic (exact) mass is 185 g/mol. The van der Waals surface area contributed by atoms with Crippen molar-refractivity contribution in [2.75, 3.05) is 0 Å².